The number of rotatable bonds is 6. The standard InChI is InChI=1S/C22H20ClNO2/c1-16-14-19(23)12-13-20(16)26-15-21(25)24-22(17-8-4-2-5-9-17)18-10-6-3-7-11-18/h2-14,22H,15H2,1H3,(H,24,25). The van der Waals surface area contributed by atoms with Crippen LogP contribution in [-0.4, -0.2) is 12.5 Å². The highest BCUT2D eigenvalue weighted by molar-refractivity contribution is 6.30. The summed E-state index contributed by atoms with van der Waals surface area (Å²) in [7, 11) is 0. The molecule has 0 heterocycles. The first-order chi connectivity index (χ1) is 12.6. The fourth-order valence-electron chi connectivity index (χ4n) is 2.77. The fraction of sp³-hybridized carbons (Fsp3) is 0.136. The SMILES string of the molecule is Cc1cc(Cl)ccc1OCC(=O)NC(c1ccccc1)c1ccccc1. The van der Waals surface area contributed by atoms with E-state index >= 15 is 0 Å². The lowest BCUT2D eigenvalue weighted by Gasteiger charge is -2.20. The number of hydrogen-bond acceptors (Lipinski definition) is 2. The van der Waals surface area contributed by atoms with Gasteiger partial charge in [-0.3, -0.25) is 4.79 Å². The zero-order chi connectivity index (χ0) is 18.4. The summed E-state index contributed by atoms with van der Waals surface area (Å²) in [5.41, 5.74) is 2.94. The number of hydrogen-bond donors (Lipinski definition) is 1. The van der Waals surface area contributed by atoms with E-state index in [1.54, 1.807) is 12.1 Å². The van der Waals surface area contributed by atoms with Gasteiger partial charge in [0.15, 0.2) is 6.61 Å². The van der Waals surface area contributed by atoms with Gasteiger partial charge in [-0.15, -0.1) is 0 Å². The third-order valence-electron chi connectivity index (χ3n) is 4.07. The van der Waals surface area contributed by atoms with Crippen LogP contribution >= 0.6 is 11.6 Å². The normalized spacial score (nSPS) is 10.6. The van der Waals surface area contributed by atoms with Crippen LogP contribution in [0.3, 0.4) is 0 Å². The molecule has 4 heteroatoms. The van der Waals surface area contributed by atoms with Crippen molar-refractivity contribution in [1.82, 2.24) is 5.32 Å². The van der Waals surface area contributed by atoms with Gasteiger partial charge in [-0.25, -0.2) is 0 Å². The van der Waals surface area contributed by atoms with Crippen LogP contribution in [0, 0.1) is 6.92 Å². The molecule has 0 saturated heterocycles. The van der Waals surface area contributed by atoms with Crippen molar-refractivity contribution in [2.75, 3.05) is 6.61 Å². The second-order valence-electron chi connectivity index (χ2n) is 6.02. The van der Waals surface area contributed by atoms with Crippen molar-refractivity contribution < 1.29 is 9.53 Å². The molecule has 0 aliphatic heterocycles. The Labute approximate surface area is 158 Å². The predicted molar refractivity (Wildman–Crippen MR) is 105 cm³/mol. The summed E-state index contributed by atoms with van der Waals surface area (Å²) in [6.45, 7) is 1.84. The number of amides is 1. The molecule has 0 aliphatic rings. The highest BCUT2D eigenvalue weighted by Gasteiger charge is 2.17. The van der Waals surface area contributed by atoms with E-state index in [9.17, 15) is 4.79 Å². The maximum Gasteiger partial charge on any atom is 0.258 e. The van der Waals surface area contributed by atoms with Crippen LogP contribution in [0.5, 0.6) is 5.75 Å². The van der Waals surface area contributed by atoms with Gasteiger partial charge < -0.3 is 10.1 Å². The minimum absolute atomic E-state index is 0.0569. The van der Waals surface area contributed by atoms with Gasteiger partial charge in [0, 0.05) is 5.02 Å². The summed E-state index contributed by atoms with van der Waals surface area (Å²) in [5.74, 6) is 0.470. The Hall–Kier alpha value is -2.78. The fourth-order valence-corrected chi connectivity index (χ4v) is 3.00. The first kappa shape index (κ1) is 18.0. The van der Waals surface area contributed by atoms with Crippen molar-refractivity contribution in [3.63, 3.8) is 0 Å². The quantitative estimate of drug-likeness (QED) is 0.672. The van der Waals surface area contributed by atoms with Crippen molar-refractivity contribution >= 4 is 17.5 Å². The van der Waals surface area contributed by atoms with Gasteiger partial charge in [-0.05, 0) is 41.8 Å². The predicted octanol–water partition coefficient (Wildman–Crippen LogP) is 4.93. The van der Waals surface area contributed by atoms with Crippen LogP contribution in [0.1, 0.15) is 22.7 Å². The first-order valence-corrected chi connectivity index (χ1v) is 8.79. The Morgan fingerprint density at radius 1 is 0.962 bits per heavy atom. The number of carbonyl (C=O) groups excluding carboxylic acids is 1. The lowest BCUT2D eigenvalue weighted by Crippen LogP contribution is -2.33. The van der Waals surface area contributed by atoms with E-state index in [0.29, 0.717) is 10.8 Å². The molecule has 3 rings (SSSR count). The maximum atomic E-state index is 12.5. The first-order valence-electron chi connectivity index (χ1n) is 8.41. The van der Waals surface area contributed by atoms with Crippen molar-refractivity contribution in [3.8, 4) is 5.75 Å². The molecule has 0 unspecified atom stereocenters. The maximum absolute atomic E-state index is 12.5. The van der Waals surface area contributed by atoms with E-state index in [1.165, 1.54) is 0 Å². The Balaban J connectivity index is 1.71. The van der Waals surface area contributed by atoms with Crippen LogP contribution in [0.4, 0.5) is 0 Å². The lowest BCUT2D eigenvalue weighted by atomic mass is 9.99. The molecule has 0 spiro atoms. The van der Waals surface area contributed by atoms with E-state index in [-0.39, 0.29) is 18.6 Å². The second kappa shape index (κ2) is 8.54. The number of carbonyl (C=O) groups is 1. The van der Waals surface area contributed by atoms with Gasteiger partial charge in [0.2, 0.25) is 0 Å². The summed E-state index contributed by atoms with van der Waals surface area (Å²) >= 11 is 5.95. The zero-order valence-electron chi connectivity index (χ0n) is 14.5. The van der Waals surface area contributed by atoms with Crippen LogP contribution in [-0.2, 0) is 4.79 Å². The number of benzene rings is 3. The Morgan fingerprint density at radius 3 is 2.08 bits per heavy atom. The Kier molecular flexibility index (Phi) is 5.92. The molecule has 0 radical (unpaired) electrons. The van der Waals surface area contributed by atoms with Crippen LogP contribution in [0.25, 0.3) is 0 Å². The summed E-state index contributed by atoms with van der Waals surface area (Å²) in [6, 6.07) is 24.9. The van der Waals surface area contributed by atoms with E-state index in [2.05, 4.69) is 5.32 Å². The van der Waals surface area contributed by atoms with Crippen LogP contribution < -0.4 is 10.1 Å². The third-order valence-corrected chi connectivity index (χ3v) is 4.30. The number of aryl methyl sites for hydroxylation is 1. The molecule has 26 heavy (non-hydrogen) atoms. The number of ether oxygens (including phenoxy) is 1. The van der Waals surface area contributed by atoms with E-state index < -0.39 is 0 Å². The molecule has 0 bridgehead atoms. The molecule has 3 aromatic rings. The zero-order valence-corrected chi connectivity index (χ0v) is 15.2. The van der Waals surface area contributed by atoms with Gasteiger partial charge >= 0.3 is 0 Å². The van der Waals surface area contributed by atoms with Crippen molar-refractivity contribution in [2.45, 2.75) is 13.0 Å². The van der Waals surface area contributed by atoms with Gasteiger partial charge in [0.05, 0.1) is 6.04 Å². The van der Waals surface area contributed by atoms with E-state index in [0.717, 1.165) is 16.7 Å². The van der Waals surface area contributed by atoms with Crippen molar-refractivity contribution in [3.05, 3.63) is 101 Å². The highest BCUT2D eigenvalue weighted by Crippen LogP contribution is 2.23. The summed E-state index contributed by atoms with van der Waals surface area (Å²) in [6.07, 6.45) is 0. The molecule has 3 aromatic carbocycles. The lowest BCUT2D eigenvalue weighted by molar-refractivity contribution is -0.123. The van der Waals surface area contributed by atoms with Crippen LogP contribution in [0.2, 0.25) is 5.02 Å². The summed E-state index contributed by atoms with van der Waals surface area (Å²) in [4.78, 5) is 12.5. The third kappa shape index (κ3) is 4.64. The number of halogens is 1. The average molecular weight is 366 g/mol. The minimum atomic E-state index is -0.222. The van der Waals surface area contributed by atoms with E-state index in [1.807, 2.05) is 73.7 Å². The molecular weight excluding hydrogens is 346 g/mol. The minimum Gasteiger partial charge on any atom is -0.484 e. The van der Waals surface area contributed by atoms with Gasteiger partial charge in [0.1, 0.15) is 5.75 Å². The molecule has 1 amide bonds. The Morgan fingerprint density at radius 2 is 1.54 bits per heavy atom. The summed E-state index contributed by atoms with van der Waals surface area (Å²) < 4.78 is 5.66. The monoisotopic (exact) mass is 365 g/mol. The smallest absolute Gasteiger partial charge is 0.258 e. The molecule has 0 aromatic heterocycles. The second-order valence-corrected chi connectivity index (χ2v) is 6.46. The van der Waals surface area contributed by atoms with Crippen LogP contribution in [0.15, 0.2) is 78.9 Å². The molecule has 132 valence electrons. The Bertz CT molecular complexity index is 826. The molecule has 0 atom stereocenters. The van der Waals surface area contributed by atoms with Crippen molar-refractivity contribution in [2.24, 2.45) is 0 Å². The van der Waals surface area contributed by atoms with Gasteiger partial charge in [-0.2, -0.15) is 0 Å². The number of nitrogens with one attached hydrogen (secondary N) is 1. The average Bonchev–Trinajstić information content (AvgIpc) is 2.67. The molecule has 3 nitrogen and oxygen atoms in total. The molecule has 0 aliphatic carbocycles. The van der Waals surface area contributed by atoms with Gasteiger partial charge in [0.25, 0.3) is 5.91 Å². The van der Waals surface area contributed by atoms with Crippen molar-refractivity contribution in [1.29, 1.82) is 0 Å². The van der Waals surface area contributed by atoms with E-state index in [4.69, 9.17) is 16.3 Å². The summed E-state index contributed by atoms with van der Waals surface area (Å²) in [5, 5.41) is 3.71. The topological polar surface area (TPSA) is 38.3 Å². The molecular formula is C22H20ClNO2. The van der Waals surface area contributed by atoms with Gasteiger partial charge in [-0.1, -0.05) is 72.3 Å². The molecule has 1 N–H and O–H groups in total. The molecule has 0 saturated carbocycles. The highest BCUT2D eigenvalue weighted by atomic mass is 35.5. The largest absolute Gasteiger partial charge is 0.484 e. The molecule has 0 fully saturated rings.